The van der Waals surface area contributed by atoms with Crippen molar-refractivity contribution in [3.8, 4) is 6.07 Å². The highest BCUT2D eigenvalue weighted by Crippen LogP contribution is 2.48. The number of nitriles is 1. The first-order valence-electron chi connectivity index (χ1n) is 15.8. The Labute approximate surface area is 262 Å². The Balaban J connectivity index is 1.40. The van der Waals surface area contributed by atoms with Gasteiger partial charge in [0.15, 0.2) is 5.82 Å². The highest BCUT2D eigenvalue weighted by atomic mass is 16.2. The van der Waals surface area contributed by atoms with Crippen LogP contribution < -0.4 is 16.0 Å². The number of aromatic amines is 1. The quantitative estimate of drug-likeness (QED) is 0.271. The van der Waals surface area contributed by atoms with Crippen LogP contribution in [0.25, 0.3) is 0 Å². The van der Waals surface area contributed by atoms with Crippen LogP contribution in [0.15, 0.2) is 36.4 Å². The molecule has 1 aliphatic heterocycles. The zero-order valence-corrected chi connectivity index (χ0v) is 25.9. The number of amides is 3. The van der Waals surface area contributed by atoms with Gasteiger partial charge >= 0.3 is 0 Å². The van der Waals surface area contributed by atoms with Crippen LogP contribution in [0.4, 0.5) is 0 Å². The minimum Gasteiger partial charge on any atom is -0.352 e. The van der Waals surface area contributed by atoms with Crippen LogP contribution in [0.2, 0.25) is 0 Å². The van der Waals surface area contributed by atoms with Crippen LogP contribution in [0, 0.1) is 17.2 Å². The topological polar surface area (TPSA) is 169 Å². The average Bonchev–Trinajstić information content (AvgIpc) is 3.42. The van der Waals surface area contributed by atoms with Gasteiger partial charge in [0.25, 0.3) is 11.8 Å². The Morgan fingerprint density at radius 1 is 1.02 bits per heavy atom. The number of carbonyl (C=O) groups is 3. The van der Waals surface area contributed by atoms with Gasteiger partial charge in [-0.05, 0) is 105 Å². The monoisotopic (exact) mass is 609 g/mol. The molecule has 0 radical (unpaired) electrons. The lowest BCUT2D eigenvalue weighted by Crippen LogP contribution is -2.46. The number of carbonyl (C=O) groups excluding carboxylic acids is 3. The number of aryl methyl sites for hydroxylation is 2. The molecule has 1 saturated carbocycles. The highest BCUT2D eigenvalue weighted by molar-refractivity contribution is 5.95. The fraction of sp³-hybridized carbons (Fsp3) is 0.485. The van der Waals surface area contributed by atoms with Crippen molar-refractivity contribution in [3.63, 3.8) is 0 Å². The van der Waals surface area contributed by atoms with Gasteiger partial charge in [-0.25, -0.2) is 0 Å². The lowest BCUT2D eigenvalue weighted by atomic mass is 9.67. The number of piperidine rings is 1. The van der Waals surface area contributed by atoms with Crippen LogP contribution in [0.3, 0.4) is 0 Å². The second-order valence-electron chi connectivity index (χ2n) is 12.3. The molecule has 3 aliphatic rings. The highest BCUT2D eigenvalue weighted by Gasteiger charge is 2.54. The molecule has 3 aromatic rings. The van der Waals surface area contributed by atoms with Crippen LogP contribution in [-0.4, -0.2) is 81.0 Å². The molecule has 12 nitrogen and oxygen atoms in total. The van der Waals surface area contributed by atoms with E-state index >= 15 is 0 Å². The summed E-state index contributed by atoms with van der Waals surface area (Å²) in [7, 11) is 0. The Kier molecular flexibility index (Phi) is 8.38. The first kappa shape index (κ1) is 30.4. The van der Waals surface area contributed by atoms with Gasteiger partial charge in [-0.3, -0.25) is 14.4 Å². The largest absolute Gasteiger partial charge is 0.352 e. The molecular formula is C33H39N9O3. The Hall–Kier alpha value is -4.63. The Morgan fingerprint density at radius 3 is 2.18 bits per heavy atom. The van der Waals surface area contributed by atoms with E-state index in [1.165, 1.54) is 0 Å². The van der Waals surface area contributed by atoms with Gasteiger partial charge < -0.3 is 20.9 Å². The zero-order valence-electron chi connectivity index (χ0n) is 25.9. The number of aromatic nitrogens is 4. The lowest BCUT2D eigenvalue weighted by Gasteiger charge is -2.36. The summed E-state index contributed by atoms with van der Waals surface area (Å²) < 4.78 is 0. The fourth-order valence-electron chi connectivity index (χ4n) is 7.37. The van der Waals surface area contributed by atoms with Gasteiger partial charge in [0.2, 0.25) is 5.91 Å². The van der Waals surface area contributed by atoms with Crippen molar-refractivity contribution in [2.45, 2.75) is 76.4 Å². The molecule has 2 aromatic carbocycles. The number of hydrogen-bond donors (Lipinski definition) is 4. The number of likely N-dealkylation sites (tertiary alicyclic amines) is 1. The molecule has 2 heterocycles. The van der Waals surface area contributed by atoms with Crippen molar-refractivity contribution in [1.82, 2.24) is 41.5 Å². The van der Waals surface area contributed by atoms with E-state index in [4.69, 9.17) is 0 Å². The molecule has 1 saturated heterocycles. The summed E-state index contributed by atoms with van der Waals surface area (Å²) in [6.45, 7) is 6.95. The number of nitrogens with zero attached hydrogens (tertiary/aromatic N) is 5. The molecule has 234 valence electrons. The van der Waals surface area contributed by atoms with Crippen LogP contribution in [-0.2, 0) is 23.1 Å². The molecule has 6 rings (SSSR count). The fourth-order valence-corrected chi connectivity index (χ4v) is 7.37. The first-order chi connectivity index (χ1) is 21.8. The maximum atomic E-state index is 13.3. The predicted molar refractivity (Wildman–Crippen MR) is 165 cm³/mol. The van der Waals surface area contributed by atoms with Crippen molar-refractivity contribution in [2.75, 3.05) is 19.6 Å². The van der Waals surface area contributed by atoms with Crippen LogP contribution in [0.1, 0.15) is 88.8 Å². The molecule has 0 spiro atoms. The van der Waals surface area contributed by atoms with E-state index in [0.29, 0.717) is 55.2 Å². The summed E-state index contributed by atoms with van der Waals surface area (Å²) in [6, 6.07) is 13.4. The normalized spacial score (nSPS) is 21.4. The number of hydrogen-bond acceptors (Lipinski definition) is 8. The smallest absolute Gasteiger partial charge is 0.251 e. The molecule has 3 amide bonds. The summed E-state index contributed by atoms with van der Waals surface area (Å²) >= 11 is 0. The number of rotatable bonds is 10. The van der Waals surface area contributed by atoms with Crippen molar-refractivity contribution >= 4 is 17.7 Å². The van der Waals surface area contributed by atoms with Gasteiger partial charge in [-0.15, -0.1) is 10.2 Å². The Bertz CT molecular complexity index is 1580. The molecule has 12 heteroatoms. The summed E-state index contributed by atoms with van der Waals surface area (Å²) in [5.74, 6) is 0.565. The zero-order chi connectivity index (χ0) is 31.7. The average molecular weight is 610 g/mol. The first-order valence-corrected chi connectivity index (χ1v) is 15.8. The third-order valence-electron chi connectivity index (χ3n) is 9.48. The molecule has 2 fully saturated rings. The number of fused-ring (bicyclic) bond motifs is 3. The molecule has 4 atom stereocenters. The SMILES string of the molecule is CCNC(=O)c1ccc2c(c1)CCc1cc(C(=O)NCC)ccc1C2(C[C@@H](C)NCC(=O)N1[C@H](C#N)C[C@@H]2C[C@@H]21)c1nn[nH]n1. The molecule has 4 N–H and O–H groups in total. The molecular weight excluding hydrogens is 570 g/mol. The number of H-pyrrole nitrogens is 1. The Morgan fingerprint density at radius 2 is 1.64 bits per heavy atom. The summed E-state index contributed by atoms with van der Waals surface area (Å²) in [5.41, 5.74) is 4.09. The third-order valence-corrected chi connectivity index (χ3v) is 9.48. The van der Waals surface area contributed by atoms with Crippen molar-refractivity contribution < 1.29 is 14.4 Å². The maximum absolute atomic E-state index is 13.3. The van der Waals surface area contributed by atoms with Crippen molar-refractivity contribution in [1.29, 1.82) is 5.26 Å². The summed E-state index contributed by atoms with van der Waals surface area (Å²) in [6.07, 6.45) is 3.48. The lowest BCUT2D eigenvalue weighted by molar-refractivity contribution is -0.131. The number of nitrogens with one attached hydrogen (secondary N) is 4. The van der Waals surface area contributed by atoms with Gasteiger partial charge in [0.05, 0.1) is 18.0 Å². The number of benzene rings is 2. The third kappa shape index (κ3) is 5.57. The van der Waals surface area contributed by atoms with Crippen LogP contribution in [0.5, 0.6) is 0 Å². The van der Waals surface area contributed by atoms with E-state index in [1.54, 1.807) is 4.90 Å². The van der Waals surface area contributed by atoms with E-state index in [9.17, 15) is 19.6 Å². The summed E-state index contributed by atoms with van der Waals surface area (Å²) in [4.78, 5) is 40.8. The predicted octanol–water partition coefficient (Wildman–Crippen LogP) is 2.01. The van der Waals surface area contributed by atoms with E-state index in [2.05, 4.69) is 42.6 Å². The van der Waals surface area contributed by atoms with Crippen molar-refractivity contribution in [3.05, 3.63) is 75.6 Å². The van der Waals surface area contributed by atoms with Gasteiger partial charge in [0.1, 0.15) is 6.04 Å². The van der Waals surface area contributed by atoms with E-state index in [-0.39, 0.29) is 42.4 Å². The molecule has 2 aliphatic carbocycles. The number of tetrazole rings is 1. The minimum atomic E-state index is -0.909. The van der Waals surface area contributed by atoms with E-state index in [0.717, 1.165) is 35.1 Å². The molecule has 45 heavy (non-hydrogen) atoms. The van der Waals surface area contributed by atoms with Gasteiger partial charge in [0, 0.05) is 36.3 Å². The minimum absolute atomic E-state index is 0.0631. The molecule has 0 bridgehead atoms. The second-order valence-corrected chi connectivity index (χ2v) is 12.3. The van der Waals surface area contributed by atoms with Crippen molar-refractivity contribution in [2.24, 2.45) is 5.92 Å². The molecule has 1 aromatic heterocycles. The maximum Gasteiger partial charge on any atom is 0.251 e. The van der Waals surface area contributed by atoms with E-state index in [1.807, 2.05) is 57.2 Å². The second kappa shape index (κ2) is 12.4. The van der Waals surface area contributed by atoms with Gasteiger partial charge in [-0.2, -0.15) is 10.5 Å². The summed E-state index contributed by atoms with van der Waals surface area (Å²) in [5, 5.41) is 34.5. The van der Waals surface area contributed by atoms with Gasteiger partial charge in [-0.1, -0.05) is 17.3 Å². The standard InChI is InChI=1S/C33H39N9O3/c1-4-35-30(44)22-8-10-26-20(12-22)6-7-21-13-23(31(45)36-5-2)9-11-27(21)33(26,32-38-40-41-39-32)16-19(3)37-18-29(43)42-25(17-34)14-24-15-28(24)42/h8-13,19,24-25,28,37H,4-7,14-16,18H2,1-3H3,(H,35,44)(H,36,45)(H,38,39,40,41)/t19-,24-,25+,28+/m1/s1. The van der Waals surface area contributed by atoms with E-state index < -0.39 is 5.41 Å². The van der Waals surface area contributed by atoms with Crippen LogP contribution >= 0.6 is 0 Å². The molecule has 0 unspecified atom stereocenters.